The van der Waals surface area contributed by atoms with Crippen molar-refractivity contribution in [1.29, 1.82) is 0 Å². The summed E-state index contributed by atoms with van der Waals surface area (Å²) in [4.78, 5) is 0. The van der Waals surface area contributed by atoms with Gasteiger partial charge >= 0.3 is 0 Å². The first-order chi connectivity index (χ1) is 8.63. The van der Waals surface area contributed by atoms with E-state index in [-0.39, 0.29) is 0 Å². The summed E-state index contributed by atoms with van der Waals surface area (Å²) in [5, 5.41) is 3.72. The maximum Gasteiger partial charge on any atom is 0.0292 e. The van der Waals surface area contributed by atoms with Crippen molar-refractivity contribution in [3.8, 4) is 0 Å². The van der Waals surface area contributed by atoms with E-state index in [0.29, 0.717) is 11.5 Å². The lowest BCUT2D eigenvalue weighted by Crippen LogP contribution is -2.31. The summed E-state index contributed by atoms with van der Waals surface area (Å²) in [7, 11) is 0. The van der Waals surface area contributed by atoms with Gasteiger partial charge < -0.3 is 5.32 Å². The topological polar surface area (TPSA) is 12.0 Å². The Morgan fingerprint density at radius 1 is 1.17 bits per heavy atom. The average Bonchev–Trinajstić information content (AvgIpc) is 2.83. The van der Waals surface area contributed by atoms with Crippen molar-refractivity contribution < 1.29 is 0 Å². The van der Waals surface area contributed by atoms with Gasteiger partial charge in [-0.05, 0) is 42.7 Å². The van der Waals surface area contributed by atoms with Crippen LogP contribution in [0.3, 0.4) is 0 Å². The van der Waals surface area contributed by atoms with E-state index in [1.807, 2.05) is 0 Å². The summed E-state index contributed by atoms with van der Waals surface area (Å²) >= 11 is 0. The molecule has 1 aromatic rings. The highest BCUT2D eigenvalue weighted by atomic mass is 14.9. The molecule has 2 rings (SSSR count). The molecule has 1 aliphatic carbocycles. The van der Waals surface area contributed by atoms with Crippen molar-refractivity contribution >= 4 is 0 Å². The summed E-state index contributed by atoms with van der Waals surface area (Å²) < 4.78 is 0. The van der Waals surface area contributed by atoms with Crippen LogP contribution in [0.4, 0.5) is 0 Å². The highest BCUT2D eigenvalue weighted by molar-refractivity contribution is 5.24. The molecule has 1 aromatic carbocycles. The molecule has 0 radical (unpaired) electrons. The Balaban J connectivity index is 1.88. The zero-order valence-electron chi connectivity index (χ0n) is 12.1. The van der Waals surface area contributed by atoms with Gasteiger partial charge in [0.15, 0.2) is 0 Å². The third-order valence-corrected chi connectivity index (χ3v) is 4.53. The van der Waals surface area contributed by atoms with Gasteiger partial charge in [-0.25, -0.2) is 0 Å². The normalized spacial score (nSPS) is 19.9. The molecular formula is C17H27N. The predicted octanol–water partition coefficient (Wildman–Crippen LogP) is 4.48. The molecule has 1 nitrogen and oxygen atoms in total. The number of benzene rings is 1. The zero-order valence-corrected chi connectivity index (χ0v) is 12.1. The van der Waals surface area contributed by atoms with Gasteiger partial charge in [0.05, 0.1) is 0 Å². The van der Waals surface area contributed by atoms with Gasteiger partial charge in [-0.3, -0.25) is 0 Å². The molecule has 100 valence electrons. The quantitative estimate of drug-likeness (QED) is 0.806. The third kappa shape index (κ3) is 3.35. The van der Waals surface area contributed by atoms with Crippen molar-refractivity contribution in [3.63, 3.8) is 0 Å². The second-order valence-corrected chi connectivity index (χ2v) is 6.22. The minimum absolute atomic E-state index is 0.466. The summed E-state index contributed by atoms with van der Waals surface area (Å²) in [5.74, 6) is 0. The number of nitrogens with one attached hydrogen (secondary N) is 1. The Bertz CT molecular complexity index is 360. The van der Waals surface area contributed by atoms with Crippen LogP contribution in [0, 0.1) is 5.41 Å². The van der Waals surface area contributed by atoms with Crippen LogP contribution in [0.5, 0.6) is 0 Å². The van der Waals surface area contributed by atoms with Crippen LogP contribution < -0.4 is 5.32 Å². The van der Waals surface area contributed by atoms with E-state index >= 15 is 0 Å². The maximum atomic E-state index is 3.72. The fourth-order valence-corrected chi connectivity index (χ4v) is 2.96. The molecule has 0 aliphatic heterocycles. The molecule has 1 N–H and O–H groups in total. The lowest BCUT2D eigenvalue weighted by Gasteiger charge is -2.26. The SMILES string of the molecule is CCc1ccc(C(C)NCC2(C)CCCC2)cc1. The van der Waals surface area contributed by atoms with E-state index in [9.17, 15) is 0 Å². The molecule has 1 fully saturated rings. The number of hydrogen-bond donors (Lipinski definition) is 1. The van der Waals surface area contributed by atoms with Gasteiger partial charge in [-0.1, -0.05) is 51.0 Å². The molecule has 1 atom stereocenters. The molecule has 0 saturated heterocycles. The van der Waals surface area contributed by atoms with E-state index in [0.717, 1.165) is 13.0 Å². The zero-order chi connectivity index (χ0) is 13.0. The summed E-state index contributed by atoms with van der Waals surface area (Å²) in [6, 6.07) is 9.52. The molecule has 0 bridgehead atoms. The minimum Gasteiger partial charge on any atom is -0.310 e. The minimum atomic E-state index is 0.466. The highest BCUT2D eigenvalue weighted by Crippen LogP contribution is 2.37. The average molecular weight is 245 g/mol. The Kier molecular flexibility index (Phi) is 4.45. The van der Waals surface area contributed by atoms with E-state index in [1.54, 1.807) is 0 Å². The molecule has 18 heavy (non-hydrogen) atoms. The molecule has 1 aliphatic rings. The Morgan fingerprint density at radius 3 is 2.33 bits per heavy atom. The monoisotopic (exact) mass is 245 g/mol. The Morgan fingerprint density at radius 2 is 1.78 bits per heavy atom. The number of aryl methyl sites for hydroxylation is 1. The summed E-state index contributed by atoms with van der Waals surface area (Å²) in [5.41, 5.74) is 3.37. The van der Waals surface area contributed by atoms with Crippen LogP contribution in [0.2, 0.25) is 0 Å². The van der Waals surface area contributed by atoms with Crippen LogP contribution >= 0.6 is 0 Å². The van der Waals surface area contributed by atoms with Gasteiger partial charge in [-0.2, -0.15) is 0 Å². The van der Waals surface area contributed by atoms with Crippen LogP contribution in [-0.2, 0) is 6.42 Å². The largest absolute Gasteiger partial charge is 0.310 e. The first-order valence-corrected chi connectivity index (χ1v) is 7.45. The molecule has 0 aromatic heterocycles. The van der Waals surface area contributed by atoms with E-state index in [4.69, 9.17) is 0 Å². The molecule has 0 amide bonds. The van der Waals surface area contributed by atoms with Gasteiger partial charge in [0.2, 0.25) is 0 Å². The number of rotatable bonds is 5. The van der Waals surface area contributed by atoms with Crippen LogP contribution in [0.1, 0.15) is 63.6 Å². The van der Waals surface area contributed by atoms with Gasteiger partial charge in [0.1, 0.15) is 0 Å². The lowest BCUT2D eigenvalue weighted by atomic mass is 9.88. The van der Waals surface area contributed by atoms with Gasteiger partial charge in [-0.15, -0.1) is 0 Å². The lowest BCUT2D eigenvalue weighted by molar-refractivity contribution is 0.302. The molecular weight excluding hydrogens is 218 g/mol. The maximum absolute atomic E-state index is 3.72. The second kappa shape index (κ2) is 5.88. The Hall–Kier alpha value is -0.820. The first kappa shape index (κ1) is 13.6. The van der Waals surface area contributed by atoms with Crippen molar-refractivity contribution in [2.45, 2.75) is 58.9 Å². The fourth-order valence-electron chi connectivity index (χ4n) is 2.96. The number of hydrogen-bond acceptors (Lipinski definition) is 1. The molecule has 1 unspecified atom stereocenters. The smallest absolute Gasteiger partial charge is 0.0292 e. The second-order valence-electron chi connectivity index (χ2n) is 6.22. The standard InChI is InChI=1S/C17H27N/c1-4-15-7-9-16(10-8-15)14(2)18-13-17(3)11-5-6-12-17/h7-10,14,18H,4-6,11-13H2,1-3H3. The predicted molar refractivity (Wildman–Crippen MR) is 78.8 cm³/mol. The van der Waals surface area contributed by atoms with Gasteiger partial charge in [0.25, 0.3) is 0 Å². The van der Waals surface area contributed by atoms with E-state index < -0.39 is 0 Å². The van der Waals surface area contributed by atoms with Crippen LogP contribution in [0.15, 0.2) is 24.3 Å². The van der Waals surface area contributed by atoms with Crippen LogP contribution in [0.25, 0.3) is 0 Å². The highest BCUT2D eigenvalue weighted by Gasteiger charge is 2.28. The van der Waals surface area contributed by atoms with Crippen molar-refractivity contribution in [1.82, 2.24) is 5.32 Å². The van der Waals surface area contributed by atoms with E-state index in [1.165, 1.54) is 36.8 Å². The summed E-state index contributed by atoms with van der Waals surface area (Å²) in [6.07, 6.45) is 6.73. The Labute approximate surface area is 112 Å². The van der Waals surface area contributed by atoms with Crippen molar-refractivity contribution in [3.05, 3.63) is 35.4 Å². The van der Waals surface area contributed by atoms with Crippen molar-refractivity contribution in [2.75, 3.05) is 6.54 Å². The van der Waals surface area contributed by atoms with Crippen LogP contribution in [-0.4, -0.2) is 6.54 Å². The van der Waals surface area contributed by atoms with Crippen molar-refractivity contribution in [2.24, 2.45) is 5.41 Å². The van der Waals surface area contributed by atoms with E-state index in [2.05, 4.69) is 50.4 Å². The third-order valence-electron chi connectivity index (χ3n) is 4.53. The van der Waals surface area contributed by atoms with Gasteiger partial charge in [0, 0.05) is 12.6 Å². The molecule has 1 heteroatoms. The first-order valence-electron chi connectivity index (χ1n) is 7.45. The molecule has 1 saturated carbocycles. The molecule has 0 spiro atoms. The summed E-state index contributed by atoms with van der Waals surface area (Å²) in [6.45, 7) is 8.07. The molecule has 0 heterocycles. The fraction of sp³-hybridized carbons (Fsp3) is 0.647.